The Kier molecular flexibility index (Phi) is 4.55. The summed E-state index contributed by atoms with van der Waals surface area (Å²) in [6.45, 7) is 1.24. The Labute approximate surface area is 181 Å². The Morgan fingerprint density at radius 2 is 1.78 bits per heavy atom. The molecule has 0 aromatic heterocycles. The SMILES string of the molecule is CN[C@H]1C(=O)C(C(N)=O)=C(O)[C@@]2(O)C(=O)C3=C(O)c4c(O)cccc4[C@@](C)(O)[C@H]3[C@H](O)[C@@H]12. The molecule has 11 heteroatoms. The van der Waals surface area contributed by atoms with Crippen LogP contribution in [0.1, 0.15) is 18.1 Å². The van der Waals surface area contributed by atoms with Crippen molar-refractivity contribution in [3.63, 3.8) is 0 Å². The molecule has 11 nitrogen and oxygen atoms in total. The monoisotopic (exact) mass is 446 g/mol. The highest BCUT2D eigenvalue weighted by molar-refractivity contribution is 6.24. The molecular formula is C21H22N2O9. The van der Waals surface area contributed by atoms with Gasteiger partial charge in [0.1, 0.15) is 22.8 Å². The van der Waals surface area contributed by atoms with Crippen LogP contribution in [0, 0.1) is 11.8 Å². The van der Waals surface area contributed by atoms with Crippen molar-refractivity contribution in [1.82, 2.24) is 5.32 Å². The number of aliphatic hydroxyl groups excluding tert-OH is 3. The summed E-state index contributed by atoms with van der Waals surface area (Å²) in [7, 11) is 1.27. The Morgan fingerprint density at radius 3 is 2.34 bits per heavy atom. The number of Topliss-reactive ketones (excluding diaryl/α,β-unsaturated/α-hetero) is 2. The summed E-state index contributed by atoms with van der Waals surface area (Å²) >= 11 is 0. The minimum atomic E-state index is -3.02. The second-order valence-corrected chi connectivity index (χ2v) is 8.42. The number of phenolic OH excluding ortho intramolecular Hbond substituents is 1. The van der Waals surface area contributed by atoms with Gasteiger partial charge in [0.25, 0.3) is 5.91 Å². The Balaban J connectivity index is 2.09. The zero-order valence-corrected chi connectivity index (χ0v) is 17.0. The first-order valence-electron chi connectivity index (χ1n) is 9.71. The predicted octanol–water partition coefficient (Wildman–Crippen LogP) is -1.74. The van der Waals surface area contributed by atoms with Gasteiger partial charge in [-0.25, -0.2) is 0 Å². The minimum Gasteiger partial charge on any atom is -0.508 e. The van der Waals surface area contributed by atoms with E-state index < -0.39 is 81.1 Å². The Bertz CT molecular complexity index is 1150. The molecule has 0 heterocycles. The summed E-state index contributed by atoms with van der Waals surface area (Å²) in [5, 5.41) is 68.3. The van der Waals surface area contributed by atoms with E-state index in [9.17, 15) is 45.0 Å². The van der Waals surface area contributed by atoms with Crippen molar-refractivity contribution in [2.45, 2.75) is 30.3 Å². The number of rotatable bonds is 2. The van der Waals surface area contributed by atoms with Crippen LogP contribution in [0.2, 0.25) is 0 Å². The van der Waals surface area contributed by atoms with Crippen molar-refractivity contribution in [2.75, 3.05) is 7.05 Å². The molecular weight excluding hydrogens is 424 g/mol. The number of ketones is 2. The molecule has 1 aromatic rings. The van der Waals surface area contributed by atoms with E-state index >= 15 is 0 Å². The van der Waals surface area contributed by atoms with Gasteiger partial charge in [-0.1, -0.05) is 12.1 Å². The van der Waals surface area contributed by atoms with Crippen molar-refractivity contribution in [3.8, 4) is 5.75 Å². The molecule has 3 aliphatic carbocycles. The molecule has 1 saturated carbocycles. The first-order valence-corrected chi connectivity index (χ1v) is 9.71. The van der Waals surface area contributed by atoms with E-state index in [1.54, 1.807) is 0 Å². The van der Waals surface area contributed by atoms with E-state index in [4.69, 9.17) is 5.73 Å². The molecule has 0 radical (unpaired) electrons. The number of hydrogen-bond donors (Lipinski definition) is 8. The molecule has 32 heavy (non-hydrogen) atoms. The molecule has 3 aliphatic rings. The number of primary amides is 1. The van der Waals surface area contributed by atoms with Crippen molar-refractivity contribution in [1.29, 1.82) is 0 Å². The Hall–Kier alpha value is -3.25. The molecule has 6 atom stereocenters. The molecule has 170 valence electrons. The summed E-state index contributed by atoms with van der Waals surface area (Å²) in [6.07, 6.45) is -1.88. The first kappa shape index (κ1) is 22.0. The highest BCUT2D eigenvalue weighted by Crippen LogP contribution is 2.56. The van der Waals surface area contributed by atoms with Gasteiger partial charge in [0.15, 0.2) is 11.4 Å². The number of hydrogen-bond acceptors (Lipinski definition) is 10. The van der Waals surface area contributed by atoms with E-state index in [-0.39, 0.29) is 11.1 Å². The normalized spacial score (nSPS) is 36.5. The second-order valence-electron chi connectivity index (χ2n) is 8.42. The van der Waals surface area contributed by atoms with Crippen LogP contribution in [0.4, 0.5) is 0 Å². The van der Waals surface area contributed by atoms with Gasteiger partial charge in [-0.2, -0.15) is 0 Å². The van der Waals surface area contributed by atoms with Crippen LogP contribution >= 0.6 is 0 Å². The third-order valence-electron chi connectivity index (χ3n) is 6.82. The zero-order valence-electron chi connectivity index (χ0n) is 17.0. The van der Waals surface area contributed by atoms with Crippen molar-refractivity contribution in [3.05, 3.63) is 46.2 Å². The summed E-state index contributed by atoms with van der Waals surface area (Å²) in [6, 6.07) is 2.43. The lowest BCUT2D eigenvalue weighted by atomic mass is 9.53. The number of carbonyl (C=O) groups excluding carboxylic acids is 3. The van der Waals surface area contributed by atoms with E-state index in [1.165, 1.54) is 32.2 Å². The van der Waals surface area contributed by atoms with Gasteiger partial charge < -0.3 is 41.7 Å². The van der Waals surface area contributed by atoms with Gasteiger partial charge in [0.05, 0.1) is 40.7 Å². The lowest BCUT2D eigenvalue weighted by Crippen LogP contribution is -2.71. The molecule has 0 bridgehead atoms. The van der Waals surface area contributed by atoms with Gasteiger partial charge in [-0.3, -0.25) is 14.4 Å². The van der Waals surface area contributed by atoms with E-state index in [2.05, 4.69) is 5.32 Å². The lowest BCUT2D eigenvalue weighted by molar-refractivity contribution is -0.176. The van der Waals surface area contributed by atoms with Crippen molar-refractivity contribution < 1.29 is 45.0 Å². The van der Waals surface area contributed by atoms with Gasteiger partial charge in [0, 0.05) is 0 Å². The largest absolute Gasteiger partial charge is 0.508 e. The van der Waals surface area contributed by atoms with Crippen LogP contribution < -0.4 is 11.1 Å². The third kappa shape index (κ3) is 2.36. The van der Waals surface area contributed by atoms with E-state index in [0.717, 1.165) is 0 Å². The standard InChI is InChI=1S/C21H22N2O9/c1-20(31)6-4-3-5-7(24)8(6)14(25)9-11(20)16(27)12-13(23-2)15(26)10(19(22)30)18(29)21(12,32)17(9)28/h3-5,11-13,16,23-25,27,29,31-32H,1-2H3,(H2,22,30)/t11-,12-,13-,16+,20-,21+/m1/s1. The highest BCUT2D eigenvalue weighted by Gasteiger charge is 2.69. The van der Waals surface area contributed by atoms with Gasteiger partial charge in [-0.15, -0.1) is 0 Å². The van der Waals surface area contributed by atoms with Crippen LogP contribution in [0.5, 0.6) is 5.75 Å². The smallest absolute Gasteiger partial charge is 0.255 e. The molecule has 1 amide bonds. The topological polar surface area (TPSA) is 211 Å². The van der Waals surface area contributed by atoms with Crippen LogP contribution in [-0.2, 0) is 20.0 Å². The number of nitrogens with two attached hydrogens (primary N) is 1. The van der Waals surface area contributed by atoms with Gasteiger partial charge >= 0.3 is 0 Å². The number of fused-ring (bicyclic) bond motifs is 3. The molecule has 1 fully saturated rings. The molecule has 4 rings (SSSR count). The third-order valence-corrected chi connectivity index (χ3v) is 6.82. The summed E-state index contributed by atoms with van der Waals surface area (Å²) < 4.78 is 0. The molecule has 0 aliphatic heterocycles. The first-order chi connectivity index (χ1) is 14.8. The van der Waals surface area contributed by atoms with Crippen molar-refractivity contribution in [2.24, 2.45) is 17.6 Å². The van der Waals surface area contributed by atoms with Gasteiger partial charge in [0.2, 0.25) is 5.78 Å². The number of phenols is 1. The Morgan fingerprint density at radius 1 is 1.16 bits per heavy atom. The van der Waals surface area contributed by atoms with E-state index in [0.29, 0.717) is 0 Å². The summed E-state index contributed by atoms with van der Waals surface area (Å²) in [5.74, 6) is -9.76. The average molecular weight is 446 g/mol. The maximum Gasteiger partial charge on any atom is 0.255 e. The fraction of sp³-hybridized carbons (Fsp3) is 0.381. The molecule has 9 N–H and O–H groups in total. The van der Waals surface area contributed by atoms with E-state index in [1.807, 2.05) is 0 Å². The summed E-state index contributed by atoms with van der Waals surface area (Å²) in [5.41, 5.74) is -1.86. The van der Waals surface area contributed by atoms with Crippen LogP contribution in [0.15, 0.2) is 35.1 Å². The maximum absolute atomic E-state index is 13.6. The quantitative estimate of drug-likeness (QED) is 0.240. The molecule has 0 unspecified atom stereocenters. The minimum absolute atomic E-state index is 0.00164. The number of benzene rings is 1. The summed E-state index contributed by atoms with van der Waals surface area (Å²) in [4.78, 5) is 38.2. The van der Waals surface area contributed by atoms with Crippen LogP contribution in [-0.4, -0.2) is 72.9 Å². The fourth-order valence-electron chi connectivity index (χ4n) is 5.38. The molecule has 1 aromatic carbocycles. The number of carbonyl (C=O) groups is 3. The van der Waals surface area contributed by atoms with Crippen LogP contribution in [0.25, 0.3) is 5.76 Å². The lowest BCUT2D eigenvalue weighted by Gasteiger charge is -2.54. The number of aromatic hydroxyl groups is 1. The fourth-order valence-corrected chi connectivity index (χ4v) is 5.38. The number of aliphatic hydroxyl groups is 5. The predicted molar refractivity (Wildman–Crippen MR) is 107 cm³/mol. The molecule has 0 saturated heterocycles. The van der Waals surface area contributed by atoms with Crippen LogP contribution in [0.3, 0.4) is 0 Å². The number of nitrogens with one attached hydrogen (secondary N) is 1. The number of amides is 1. The average Bonchev–Trinajstić information content (AvgIpc) is 2.70. The second kappa shape index (κ2) is 6.62. The molecule has 0 spiro atoms. The maximum atomic E-state index is 13.6. The van der Waals surface area contributed by atoms with Gasteiger partial charge in [-0.05, 0) is 25.6 Å². The number of likely N-dealkylation sites (N-methyl/N-ethyl adjacent to an activating group) is 1. The van der Waals surface area contributed by atoms with Crippen molar-refractivity contribution >= 4 is 23.2 Å². The highest BCUT2D eigenvalue weighted by atomic mass is 16.4. The zero-order chi connectivity index (χ0) is 23.9.